The molecule has 2 rings (SSSR count). The topological polar surface area (TPSA) is 45.9 Å². The fraction of sp³-hybridized carbons (Fsp3) is 0.583. The van der Waals surface area contributed by atoms with Crippen LogP contribution in [0.3, 0.4) is 0 Å². The highest BCUT2D eigenvalue weighted by molar-refractivity contribution is 5.91. The number of amides is 1. The third kappa shape index (κ3) is 3.08. The van der Waals surface area contributed by atoms with Crippen molar-refractivity contribution >= 4 is 5.91 Å². The summed E-state index contributed by atoms with van der Waals surface area (Å²) < 4.78 is 10.2. The molecule has 1 amide bonds. The van der Waals surface area contributed by atoms with E-state index in [-0.39, 0.29) is 5.91 Å². The smallest absolute Gasteiger partial charge is 0.289 e. The van der Waals surface area contributed by atoms with Crippen molar-refractivity contribution in [1.82, 2.24) is 9.80 Å². The van der Waals surface area contributed by atoms with Gasteiger partial charge in [0.2, 0.25) is 0 Å². The van der Waals surface area contributed by atoms with E-state index in [1.54, 1.807) is 19.2 Å². The van der Waals surface area contributed by atoms with E-state index < -0.39 is 0 Å². The number of piperazine rings is 1. The van der Waals surface area contributed by atoms with Gasteiger partial charge in [-0.05, 0) is 12.1 Å². The molecule has 0 aliphatic carbocycles. The lowest BCUT2D eigenvalue weighted by atomic mass is 10.3. The molecule has 2 heterocycles. The highest BCUT2D eigenvalue weighted by atomic mass is 16.5. The third-order valence-electron chi connectivity index (χ3n) is 3.00. The Kier molecular flexibility index (Phi) is 4.17. The van der Waals surface area contributed by atoms with Crippen LogP contribution in [0.1, 0.15) is 10.6 Å². The number of nitrogens with zero attached hydrogens (tertiary/aromatic N) is 2. The first-order valence-electron chi connectivity index (χ1n) is 5.85. The summed E-state index contributed by atoms with van der Waals surface area (Å²) in [6.45, 7) is 4.98. The fourth-order valence-electron chi connectivity index (χ4n) is 1.95. The molecule has 94 valence electrons. The Bertz CT molecular complexity index is 343. The number of carbonyl (C=O) groups is 1. The first-order valence-corrected chi connectivity index (χ1v) is 5.85. The SMILES string of the molecule is COCCN1CCN(C(=O)c2ccco2)CC1. The van der Waals surface area contributed by atoms with Crippen molar-refractivity contribution in [3.05, 3.63) is 24.2 Å². The number of methoxy groups -OCH3 is 1. The molecule has 0 atom stereocenters. The highest BCUT2D eigenvalue weighted by Gasteiger charge is 2.23. The Morgan fingerprint density at radius 3 is 2.76 bits per heavy atom. The molecule has 0 bridgehead atoms. The van der Waals surface area contributed by atoms with Crippen molar-refractivity contribution in [2.24, 2.45) is 0 Å². The lowest BCUT2D eigenvalue weighted by molar-refractivity contribution is 0.0566. The molecule has 1 aromatic heterocycles. The van der Waals surface area contributed by atoms with E-state index in [0.717, 1.165) is 39.3 Å². The number of furan rings is 1. The van der Waals surface area contributed by atoms with E-state index in [1.807, 2.05) is 4.90 Å². The Balaban J connectivity index is 1.81. The second-order valence-electron chi connectivity index (χ2n) is 4.10. The zero-order chi connectivity index (χ0) is 12.1. The summed E-state index contributed by atoms with van der Waals surface area (Å²) in [6.07, 6.45) is 1.53. The molecule has 0 N–H and O–H groups in total. The molecular weight excluding hydrogens is 220 g/mol. The second-order valence-corrected chi connectivity index (χ2v) is 4.10. The Labute approximate surface area is 101 Å². The van der Waals surface area contributed by atoms with Gasteiger partial charge in [-0.1, -0.05) is 0 Å². The summed E-state index contributed by atoms with van der Waals surface area (Å²) in [7, 11) is 1.71. The minimum absolute atomic E-state index is 0.0126. The highest BCUT2D eigenvalue weighted by Crippen LogP contribution is 2.09. The lowest BCUT2D eigenvalue weighted by Crippen LogP contribution is -2.49. The van der Waals surface area contributed by atoms with E-state index in [4.69, 9.17) is 9.15 Å². The van der Waals surface area contributed by atoms with Crippen LogP contribution in [0.2, 0.25) is 0 Å². The molecule has 0 radical (unpaired) electrons. The van der Waals surface area contributed by atoms with Gasteiger partial charge in [0.25, 0.3) is 5.91 Å². The van der Waals surface area contributed by atoms with Crippen LogP contribution in [-0.2, 0) is 4.74 Å². The average molecular weight is 238 g/mol. The molecule has 5 heteroatoms. The van der Waals surface area contributed by atoms with Crippen molar-refractivity contribution in [3.8, 4) is 0 Å². The number of carbonyl (C=O) groups excluding carboxylic acids is 1. The van der Waals surface area contributed by atoms with E-state index in [9.17, 15) is 4.79 Å². The van der Waals surface area contributed by atoms with E-state index in [2.05, 4.69) is 4.90 Å². The molecule has 0 aromatic carbocycles. The molecule has 1 saturated heterocycles. The summed E-state index contributed by atoms with van der Waals surface area (Å²) in [6, 6.07) is 3.45. The van der Waals surface area contributed by atoms with Crippen molar-refractivity contribution in [2.45, 2.75) is 0 Å². The Morgan fingerprint density at radius 1 is 1.41 bits per heavy atom. The number of hydrogen-bond acceptors (Lipinski definition) is 4. The van der Waals surface area contributed by atoms with Crippen LogP contribution < -0.4 is 0 Å². The fourth-order valence-corrected chi connectivity index (χ4v) is 1.95. The number of ether oxygens (including phenoxy) is 1. The van der Waals surface area contributed by atoms with Gasteiger partial charge in [0, 0.05) is 39.8 Å². The minimum atomic E-state index is -0.0126. The number of rotatable bonds is 4. The minimum Gasteiger partial charge on any atom is -0.459 e. The summed E-state index contributed by atoms with van der Waals surface area (Å²) in [5.74, 6) is 0.414. The van der Waals surface area contributed by atoms with Crippen molar-refractivity contribution in [3.63, 3.8) is 0 Å². The quantitative estimate of drug-likeness (QED) is 0.774. The largest absolute Gasteiger partial charge is 0.459 e. The summed E-state index contributed by atoms with van der Waals surface area (Å²) in [4.78, 5) is 16.1. The average Bonchev–Trinajstić information content (AvgIpc) is 2.90. The van der Waals surface area contributed by atoms with Gasteiger partial charge in [0.1, 0.15) is 0 Å². The van der Waals surface area contributed by atoms with Gasteiger partial charge in [-0.15, -0.1) is 0 Å². The molecule has 0 spiro atoms. The first-order chi connectivity index (χ1) is 8.31. The zero-order valence-electron chi connectivity index (χ0n) is 10.1. The van der Waals surface area contributed by atoms with Gasteiger partial charge in [-0.3, -0.25) is 9.69 Å². The molecule has 0 saturated carbocycles. The lowest BCUT2D eigenvalue weighted by Gasteiger charge is -2.34. The van der Waals surface area contributed by atoms with Crippen LogP contribution in [-0.4, -0.2) is 62.1 Å². The first kappa shape index (κ1) is 12.1. The van der Waals surface area contributed by atoms with Gasteiger partial charge < -0.3 is 14.1 Å². The van der Waals surface area contributed by atoms with E-state index >= 15 is 0 Å². The summed E-state index contributed by atoms with van der Waals surface area (Å²) in [5, 5.41) is 0. The second kappa shape index (κ2) is 5.84. The molecule has 17 heavy (non-hydrogen) atoms. The summed E-state index contributed by atoms with van der Waals surface area (Å²) >= 11 is 0. The van der Waals surface area contributed by atoms with Crippen molar-refractivity contribution in [1.29, 1.82) is 0 Å². The maximum Gasteiger partial charge on any atom is 0.289 e. The van der Waals surface area contributed by atoms with Gasteiger partial charge >= 0.3 is 0 Å². The van der Waals surface area contributed by atoms with Crippen LogP contribution in [0.4, 0.5) is 0 Å². The van der Waals surface area contributed by atoms with Crippen LogP contribution in [0, 0.1) is 0 Å². The van der Waals surface area contributed by atoms with Gasteiger partial charge in [0.15, 0.2) is 5.76 Å². The molecular formula is C12H18N2O3. The maximum atomic E-state index is 12.0. The van der Waals surface area contributed by atoms with Crippen molar-refractivity contribution in [2.75, 3.05) is 46.4 Å². The maximum absolute atomic E-state index is 12.0. The van der Waals surface area contributed by atoms with Gasteiger partial charge in [-0.2, -0.15) is 0 Å². The van der Waals surface area contributed by atoms with Gasteiger partial charge in [-0.25, -0.2) is 0 Å². The normalized spacial score (nSPS) is 17.4. The van der Waals surface area contributed by atoms with Crippen LogP contribution >= 0.6 is 0 Å². The van der Waals surface area contributed by atoms with Crippen molar-refractivity contribution < 1.29 is 13.9 Å². The Hall–Kier alpha value is -1.33. The van der Waals surface area contributed by atoms with Crippen LogP contribution in [0.15, 0.2) is 22.8 Å². The van der Waals surface area contributed by atoms with Crippen LogP contribution in [0.25, 0.3) is 0 Å². The van der Waals surface area contributed by atoms with Crippen LogP contribution in [0.5, 0.6) is 0 Å². The van der Waals surface area contributed by atoms with E-state index in [0.29, 0.717) is 5.76 Å². The zero-order valence-corrected chi connectivity index (χ0v) is 10.1. The predicted octanol–water partition coefficient (Wildman–Crippen LogP) is 0.684. The molecule has 1 fully saturated rings. The number of hydrogen-bond donors (Lipinski definition) is 0. The molecule has 1 aliphatic heterocycles. The van der Waals surface area contributed by atoms with E-state index in [1.165, 1.54) is 6.26 Å². The molecule has 5 nitrogen and oxygen atoms in total. The summed E-state index contributed by atoms with van der Waals surface area (Å²) in [5.41, 5.74) is 0. The molecule has 1 aromatic rings. The molecule has 0 unspecified atom stereocenters. The Morgan fingerprint density at radius 2 is 2.18 bits per heavy atom. The monoisotopic (exact) mass is 238 g/mol. The standard InChI is InChI=1S/C12H18N2O3/c1-16-10-8-13-4-6-14(7-5-13)12(15)11-3-2-9-17-11/h2-3,9H,4-8,10H2,1H3. The molecule has 1 aliphatic rings. The van der Waals surface area contributed by atoms with Gasteiger partial charge in [0.05, 0.1) is 12.9 Å². The third-order valence-corrected chi connectivity index (χ3v) is 3.00. The predicted molar refractivity (Wildman–Crippen MR) is 62.9 cm³/mol.